The van der Waals surface area contributed by atoms with E-state index >= 15 is 0 Å². The number of rotatable bonds is 7. The SMILES string of the molecule is COc1ccc2c(c1)OC(c1ccc(OC)c(OC)c1)CC2N(C(=O)C1CC1)c1ccc(F)cc1. The van der Waals surface area contributed by atoms with E-state index in [0.717, 1.165) is 24.0 Å². The molecule has 7 heteroatoms. The summed E-state index contributed by atoms with van der Waals surface area (Å²) in [4.78, 5) is 15.4. The fraction of sp³-hybridized carbons (Fsp3) is 0.321. The van der Waals surface area contributed by atoms with Crippen molar-refractivity contribution in [2.75, 3.05) is 26.2 Å². The predicted octanol–water partition coefficient (Wildman–Crippen LogP) is 5.86. The van der Waals surface area contributed by atoms with Gasteiger partial charge >= 0.3 is 0 Å². The van der Waals surface area contributed by atoms with E-state index in [2.05, 4.69) is 0 Å². The Labute approximate surface area is 204 Å². The zero-order valence-electron chi connectivity index (χ0n) is 20.0. The molecule has 2 aliphatic rings. The third kappa shape index (κ3) is 4.50. The van der Waals surface area contributed by atoms with Gasteiger partial charge in [0.15, 0.2) is 11.5 Å². The van der Waals surface area contributed by atoms with Crippen molar-refractivity contribution in [2.45, 2.75) is 31.4 Å². The van der Waals surface area contributed by atoms with Gasteiger partial charge in [0.2, 0.25) is 5.91 Å². The zero-order valence-corrected chi connectivity index (χ0v) is 20.0. The maximum Gasteiger partial charge on any atom is 0.230 e. The highest BCUT2D eigenvalue weighted by atomic mass is 19.1. The van der Waals surface area contributed by atoms with Crippen LogP contribution in [0.4, 0.5) is 10.1 Å². The van der Waals surface area contributed by atoms with E-state index in [-0.39, 0.29) is 29.8 Å². The molecule has 0 aromatic heterocycles. The summed E-state index contributed by atoms with van der Waals surface area (Å²) in [6.07, 6.45) is 1.90. The number of hydrogen-bond acceptors (Lipinski definition) is 5. The fourth-order valence-corrected chi connectivity index (χ4v) is 4.64. The highest BCUT2D eigenvalue weighted by molar-refractivity contribution is 5.97. The summed E-state index contributed by atoms with van der Waals surface area (Å²) >= 11 is 0. The van der Waals surface area contributed by atoms with Crippen LogP contribution >= 0.6 is 0 Å². The molecule has 1 fully saturated rings. The molecule has 3 aromatic rings. The number of hydrogen-bond donors (Lipinski definition) is 0. The lowest BCUT2D eigenvalue weighted by atomic mass is 9.90. The summed E-state index contributed by atoms with van der Waals surface area (Å²) in [7, 11) is 4.80. The summed E-state index contributed by atoms with van der Waals surface area (Å²) in [5.74, 6) is 2.25. The van der Waals surface area contributed by atoms with E-state index in [1.807, 2.05) is 41.3 Å². The van der Waals surface area contributed by atoms with Gasteiger partial charge in [-0.05, 0) is 66.9 Å². The molecule has 0 saturated heterocycles. The number of carbonyl (C=O) groups excluding carboxylic acids is 1. The van der Waals surface area contributed by atoms with Gasteiger partial charge in [0, 0.05) is 29.7 Å². The Balaban J connectivity index is 1.60. The number of halogens is 1. The molecule has 1 aliphatic carbocycles. The number of carbonyl (C=O) groups is 1. The van der Waals surface area contributed by atoms with Crippen molar-refractivity contribution in [3.63, 3.8) is 0 Å². The molecule has 0 radical (unpaired) electrons. The second kappa shape index (κ2) is 9.49. The van der Waals surface area contributed by atoms with Crippen LogP contribution in [0.15, 0.2) is 60.7 Å². The molecule has 6 nitrogen and oxygen atoms in total. The number of ether oxygens (including phenoxy) is 4. The molecule has 35 heavy (non-hydrogen) atoms. The molecule has 2 atom stereocenters. The average Bonchev–Trinajstić information content (AvgIpc) is 3.74. The van der Waals surface area contributed by atoms with E-state index < -0.39 is 0 Å². The molecule has 1 saturated carbocycles. The lowest BCUT2D eigenvalue weighted by molar-refractivity contribution is -0.120. The van der Waals surface area contributed by atoms with Gasteiger partial charge in [-0.25, -0.2) is 4.39 Å². The molecule has 3 aromatic carbocycles. The van der Waals surface area contributed by atoms with Crippen molar-refractivity contribution >= 4 is 11.6 Å². The van der Waals surface area contributed by atoms with Crippen LogP contribution in [-0.2, 0) is 4.79 Å². The lowest BCUT2D eigenvalue weighted by Gasteiger charge is -2.39. The molecule has 1 aliphatic heterocycles. The quantitative estimate of drug-likeness (QED) is 0.427. The van der Waals surface area contributed by atoms with Gasteiger partial charge in [-0.2, -0.15) is 0 Å². The Hall–Kier alpha value is -3.74. The van der Waals surface area contributed by atoms with Gasteiger partial charge in [0.25, 0.3) is 0 Å². The summed E-state index contributed by atoms with van der Waals surface area (Å²) in [5.41, 5.74) is 2.46. The normalized spacial score (nSPS) is 18.7. The third-order valence-corrected chi connectivity index (χ3v) is 6.65. The van der Waals surface area contributed by atoms with Gasteiger partial charge in [-0.3, -0.25) is 4.79 Å². The Morgan fingerprint density at radius 3 is 2.31 bits per heavy atom. The van der Waals surface area contributed by atoms with Crippen LogP contribution in [0.25, 0.3) is 0 Å². The molecule has 1 amide bonds. The lowest BCUT2D eigenvalue weighted by Crippen LogP contribution is -2.39. The summed E-state index contributed by atoms with van der Waals surface area (Å²) in [5, 5.41) is 0. The Morgan fingerprint density at radius 1 is 0.914 bits per heavy atom. The monoisotopic (exact) mass is 477 g/mol. The van der Waals surface area contributed by atoms with Crippen molar-refractivity contribution in [1.29, 1.82) is 0 Å². The summed E-state index contributed by atoms with van der Waals surface area (Å²) < 4.78 is 36.5. The van der Waals surface area contributed by atoms with Crippen molar-refractivity contribution in [2.24, 2.45) is 5.92 Å². The van der Waals surface area contributed by atoms with Crippen molar-refractivity contribution < 1.29 is 28.1 Å². The predicted molar refractivity (Wildman–Crippen MR) is 130 cm³/mol. The standard InChI is InChI=1S/C28H28FNO5/c1-32-21-11-12-22-23(30(28(31)17-4-5-17)20-9-7-19(29)8-10-20)16-25(35-26(22)15-21)18-6-13-24(33-2)27(14-18)34-3/h6-15,17,23,25H,4-5,16H2,1-3H3. The van der Waals surface area contributed by atoms with E-state index in [0.29, 0.717) is 35.1 Å². The molecule has 0 spiro atoms. The molecular formula is C28H28FNO5. The first-order chi connectivity index (χ1) is 17.0. The summed E-state index contributed by atoms with van der Waals surface area (Å²) in [6, 6.07) is 17.2. The van der Waals surface area contributed by atoms with Gasteiger partial charge in [-0.1, -0.05) is 6.07 Å². The van der Waals surface area contributed by atoms with E-state index in [1.54, 1.807) is 33.5 Å². The molecule has 0 bridgehead atoms. The zero-order chi connectivity index (χ0) is 24.5. The largest absolute Gasteiger partial charge is 0.497 e. The second-order valence-electron chi connectivity index (χ2n) is 8.84. The second-order valence-corrected chi connectivity index (χ2v) is 8.84. The van der Waals surface area contributed by atoms with Crippen molar-refractivity contribution in [1.82, 2.24) is 0 Å². The van der Waals surface area contributed by atoms with Gasteiger partial charge < -0.3 is 23.8 Å². The molecule has 182 valence electrons. The number of benzene rings is 3. The number of anilines is 1. The van der Waals surface area contributed by atoms with Gasteiger partial charge in [-0.15, -0.1) is 0 Å². The van der Waals surface area contributed by atoms with E-state index in [9.17, 15) is 9.18 Å². The first-order valence-corrected chi connectivity index (χ1v) is 11.7. The van der Waals surface area contributed by atoms with Crippen LogP contribution < -0.4 is 23.8 Å². The minimum atomic E-state index is -0.352. The van der Waals surface area contributed by atoms with E-state index in [1.165, 1.54) is 12.1 Å². The maximum absolute atomic E-state index is 13.7. The fourth-order valence-electron chi connectivity index (χ4n) is 4.64. The highest BCUT2D eigenvalue weighted by Crippen LogP contribution is 2.48. The van der Waals surface area contributed by atoms with Crippen LogP contribution in [0.5, 0.6) is 23.0 Å². The number of nitrogens with zero attached hydrogens (tertiary/aromatic N) is 1. The van der Waals surface area contributed by atoms with Crippen LogP contribution in [0.3, 0.4) is 0 Å². The molecule has 5 rings (SSSR count). The average molecular weight is 478 g/mol. The van der Waals surface area contributed by atoms with Gasteiger partial charge in [0.05, 0.1) is 27.4 Å². The van der Waals surface area contributed by atoms with Crippen LogP contribution in [0.2, 0.25) is 0 Å². The maximum atomic E-state index is 13.7. The Kier molecular flexibility index (Phi) is 6.24. The molecule has 1 heterocycles. The third-order valence-electron chi connectivity index (χ3n) is 6.65. The Morgan fingerprint density at radius 2 is 1.66 bits per heavy atom. The van der Waals surface area contributed by atoms with Crippen molar-refractivity contribution in [3.8, 4) is 23.0 Å². The number of methoxy groups -OCH3 is 3. The highest BCUT2D eigenvalue weighted by Gasteiger charge is 2.41. The van der Waals surface area contributed by atoms with Crippen LogP contribution in [-0.4, -0.2) is 27.2 Å². The molecule has 2 unspecified atom stereocenters. The number of amides is 1. The topological polar surface area (TPSA) is 57.2 Å². The minimum absolute atomic E-state index is 0.0101. The minimum Gasteiger partial charge on any atom is -0.497 e. The first-order valence-electron chi connectivity index (χ1n) is 11.7. The first kappa shape index (κ1) is 23.0. The van der Waals surface area contributed by atoms with Crippen LogP contribution in [0.1, 0.15) is 42.5 Å². The van der Waals surface area contributed by atoms with E-state index in [4.69, 9.17) is 18.9 Å². The smallest absolute Gasteiger partial charge is 0.230 e. The molecule has 0 N–H and O–H groups in total. The summed E-state index contributed by atoms with van der Waals surface area (Å²) in [6.45, 7) is 0. The van der Waals surface area contributed by atoms with Crippen LogP contribution in [0, 0.1) is 11.7 Å². The molecular weight excluding hydrogens is 449 g/mol. The van der Waals surface area contributed by atoms with Crippen molar-refractivity contribution in [3.05, 3.63) is 77.6 Å². The number of fused-ring (bicyclic) bond motifs is 1. The Bertz CT molecular complexity index is 1220. The van der Waals surface area contributed by atoms with Gasteiger partial charge in [0.1, 0.15) is 23.4 Å².